The molecule has 0 radical (unpaired) electrons. The van der Waals surface area contributed by atoms with E-state index in [9.17, 15) is 4.79 Å². The van der Waals surface area contributed by atoms with Gasteiger partial charge < -0.3 is 15.0 Å². The lowest BCUT2D eigenvalue weighted by Crippen LogP contribution is -3.09. The van der Waals surface area contributed by atoms with Crippen LogP contribution in [0.25, 0.3) is 0 Å². The molecule has 4 bridgehead atoms. The highest BCUT2D eigenvalue weighted by atomic mass is 16.5. The maximum atomic E-state index is 12.8. The van der Waals surface area contributed by atoms with Gasteiger partial charge in [0.25, 0.3) is 5.91 Å². The van der Waals surface area contributed by atoms with Crippen LogP contribution in [-0.2, 0) is 11.3 Å². The zero-order chi connectivity index (χ0) is 18.3. The molecule has 26 heavy (non-hydrogen) atoms. The molecule has 0 aliphatic heterocycles. The standard InChI is InChI=1S/C22H32N2O2/c1-15-4-5-20(26-3)19(6-15)13-24(2)14-21(25)23-22-10-16-7-17(11-22)9-18(8-16)12-22/h4-6,16-18H,7-14H2,1-3H3,(H,23,25)/p+1. The summed E-state index contributed by atoms with van der Waals surface area (Å²) in [5.74, 6) is 3.72. The fourth-order valence-corrected chi connectivity index (χ4v) is 6.31. The molecule has 0 heterocycles. The van der Waals surface area contributed by atoms with Gasteiger partial charge in [0.05, 0.1) is 14.2 Å². The molecule has 1 amide bonds. The second-order valence-corrected chi connectivity index (χ2v) is 9.37. The van der Waals surface area contributed by atoms with E-state index in [1.54, 1.807) is 7.11 Å². The molecule has 4 aliphatic rings. The molecule has 4 aliphatic carbocycles. The van der Waals surface area contributed by atoms with Gasteiger partial charge in [-0.3, -0.25) is 4.79 Å². The topological polar surface area (TPSA) is 42.8 Å². The average Bonchev–Trinajstić information content (AvgIpc) is 2.52. The van der Waals surface area contributed by atoms with Crippen LogP contribution < -0.4 is 15.0 Å². The Balaban J connectivity index is 1.36. The maximum absolute atomic E-state index is 12.8. The molecule has 2 N–H and O–H groups in total. The van der Waals surface area contributed by atoms with Crippen LogP contribution in [0.3, 0.4) is 0 Å². The Morgan fingerprint density at radius 1 is 1.19 bits per heavy atom. The molecule has 0 saturated heterocycles. The van der Waals surface area contributed by atoms with E-state index in [0.717, 1.165) is 30.0 Å². The second-order valence-electron chi connectivity index (χ2n) is 9.37. The third-order valence-electron chi connectivity index (χ3n) is 6.83. The molecule has 5 rings (SSSR count). The van der Waals surface area contributed by atoms with Crippen molar-refractivity contribution in [3.8, 4) is 5.75 Å². The number of benzene rings is 1. The first-order valence-corrected chi connectivity index (χ1v) is 10.2. The summed E-state index contributed by atoms with van der Waals surface area (Å²) < 4.78 is 5.48. The van der Waals surface area contributed by atoms with Crippen LogP contribution in [0.15, 0.2) is 18.2 Å². The Kier molecular flexibility index (Phi) is 4.72. The Hall–Kier alpha value is -1.55. The van der Waals surface area contributed by atoms with Crippen LogP contribution in [0.4, 0.5) is 0 Å². The average molecular weight is 358 g/mol. The van der Waals surface area contributed by atoms with E-state index in [4.69, 9.17) is 4.74 Å². The third kappa shape index (κ3) is 3.62. The summed E-state index contributed by atoms with van der Waals surface area (Å²) in [6.07, 6.45) is 7.88. The van der Waals surface area contributed by atoms with Crippen molar-refractivity contribution in [2.75, 3.05) is 20.7 Å². The van der Waals surface area contributed by atoms with E-state index in [0.29, 0.717) is 6.54 Å². The maximum Gasteiger partial charge on any atom is 0.275 e. The Bertz CT molecular complexity index is 649. The molecule has 4 nitrogen and oxygen atoms in total. The van der Waals surface area contributed by atoms with Crippen molar-refractivity contribution in [3.05, 3.63) is 29.3 Å². The van der Waals surface area contributed by atoms with Gasteiger partial charge in [-0.2, -0.15) is 0 Å². The molecule has 1 atom stereocenters. The molecular weight excluding hydrogens is 324 g/mol. The van der Waals surface area contributed by atoms with Gasteiger partial charge in [0.2, 0.25) is 0 Å². The quantitative estimate of drug-likeness (QED) is 0.819. The zero-order valence-electron chi connectivity index (χ0n) is 16.4. The molecule has 142 valence electrons. The molecule has 1 aromatic rings. The van der Waals surface area contributed by atoms with E-state index >= 15 is 0 Å². The van der Waals surface area contributed by atoms with Crippen LogP contribution in [-0.4, -0.2) is 32.1 Å². The van der Waals surface area contributed by atoms with Crippen molar-refractivity contribution in [1.82, 2.24) is 5.32 Å². The van der Waals surface area contributed by atoms with Crippen molar-refractivity contribution in [1.29, 1.82) is 0 Å². The smallest absolute Gasteiger partial charge is 0.275 e. The molecule has 4 heteroatoms. The predicted molar refractivity (Wildman–Crippen MR) is 102 cm³/mol. The minimum Gasteiger partial charge on any atom is -0.496 e. The molecule has 1 aromatic carbocycles. The Labute approximate surface area is 157 Å². The summed E-state index contributed by atoms with van der Waals surface area (Å²) >= 11 is 0. The van der Waals surface area contributed by atoms with Crippen molar-refractivity contribution < 1.29 is 14.4 Å². The van der Waals surface area contributed by atoms with Gasteiger partial charge in [-0.05, 0) is 75.3 Å². The summed E-state index contributed by atoms with van der Waals surface area (Å²) in [6.45, 7) is 3.43. The number of carbonyl (C=O) groups excluding carboxylic acids is 1. The first kappa shape index (κ1) is 17.8. The highest BCUT2D eigenvalue weighted by molar-refractivity contribution is 5.77. The Morgan fingerprint density at radius 3 is 2.38 bits per heavy atom. The number of carbonyl (C=O) groups is 1. The fraction of sp³-hybridized carbons (Fsp3) is 0.682. The van der Waals surface area contributed by atoms with E-state index in [1.165, 1.54) is 54.6 Å². The minimum absolute atomic E-state index is 0.118. The molecule has 0 aromatic heterocycles. The number of amides is 1. The lowest BCUT2D eigenvalue weighted by molar-refractivity contribution is -0.885. The van der Waals surface area contributed by atoms with Gasteiger partial charge >= 0.3 is 0 Å². The normalized spacial score (nSPS) is 33.1. The van der Waals surface area contributed by atoms with E-state index in [-0.39, 0.29) is 11.4 Å². The van der Waals surface area contributed by atoms with Crippen molar-refractivity contribution >= 4 is 5.91 Å². The number of ether oxygens (including phenoxy) is 1. The third-order valence-corrected chi connectivity index (χ3v) is 6.83. The van der Waals surface area contributed by atoms with Crippen molar-refractivity contribution in [3.63, 3.8) is 0 Å². The van der Waals surface area contributed by atoms with Crippen LogP contribution >= 0.6 is 0 Å². The number of rotatable bonds is 6. The fourth-order valence-electron chi connectivity index (χ4n) is 6.31. The summed E-state index contributed by atoms with van der Waals surface area (Å²) in [6, 6.07) is 6.25. The molecule has 4 saturated carbocycles. The van der Waals surface area contributed by atoms with Crippen LogP contribution in [0.2, 0.25) is 0 Å². The van der Waals surface area contributed by atoms with Gasteiger partial charge in [0, 0.05) is 11.1 Å². The number of quaternary nitrogens is 1. The monoisotopic (exact) mass is 357 g/mol. The molecule has 0 spiro atoms. The second kappa shape index (κ2) is 6.88. The van der Waals surface area contributed by atoms with Gasteiger partial charge in [-0.15, -0.1) is 0 Å². The molecule has 1 unspecified atom stereocenters. The first-order valence-electron chi connectivity index (χ1n) is 10.2. The van der Waals surface area contributed by atoms with Crippen LogP contribution in [0.1, 0.15) is 49.7 Å². The van der Waals surface area contributed by atoms with E-state index in [2.05, 4.69) is 31.4 Å². The number of hydrogen-bond acceptors (Lipinski definition) is 2. The Morgan fingerprint density at radius 2 is 1.81 bits per heavy atom. The molecular formula is C22H33N2O2+. The van der Waals surface area contributed by atoms with Gasteiger partial charge in [0.15, 0.2) is 6.54 Å². The van der Waals surface area contributed by atoms with Crippen molar-refractivity contribution in [2.24, 2.45) is 17.8 Å². The van der Waals surface area contributed by atoms with Gasteiger partial charge in [-0.1, -0.05) is 11.6 Å². The number of likely N-dealkylation sites (N-methyl/N-ethyl adjacent to an activating group) is 1. The first-order chi connectivity index (χ1) is 12.4. The highest BCUT2D eigenvalue weighted by Gasteiger charge is 2.51. The van der Waals surface area contributed by atoms with Crippen molar-refractivity contribution in [2.45, 2.75) is 57.5 Å². The van der Waals surface area contributed by atoms with Gasteiger partial charge in [0.1, 0.15) is 12.3 Å². The predicted octanol–water partition coefficient (Wildman–Crippen LogP) is 2.10. The molecule has 4 fully saturated rings. The summed E-state index contributed by atoms with van der Waals surface area (Å²) in [4.78, 5) is 14.0. The summed E-state index contributed by atoms with van der Waals surface area (Å²) in [7, 11) is 3.81. The summed E-state index contributed by atoms with van der Waals surface area (Å²) in [5, 5.41) is 3.49. The number of hydrogen-bond donors (Lipinski definition) is 2. The number of nitrogens with one attached hydrogen (secondary N) is 2. The minimum atomic E-state index is 0.118. The highest BCUT2D eigenvalue weighted by Crippen LogP contribution is 2.55. The zero-order valence-corrected chi connectivity index (χ0v) is 16.4. The summed E-state index contributed by atoms with van der Waals surface area (Å²) in [5.41, 5.74) is 2.52. The van der Waals surface area contributed by atoms with Crippen LogP contribution in [0.5, 0.6) is 5.75 Å². The number of methoxy groups -OCH3 is 1. The lowest BCUT2D eigenvalue weighted by atomic mass is 9.53. The van der Waals surface area contributed by atoms with Crippen LogP contribution in [0, 0.1) is 24.7 Å². The largest absolute Gasteiger partial charge is 0.496 e. The lowest BCUT2D eigenvalue weighted by Gasteiger charge is -2.56. The van der Waals surface area contributed by atoms with Gasteiger partial charge in [-0.25, -0.2) is 0 Å². The van der Waals surface area contributed by atoms with E-state index in [1.807, 2.05) is 6.07 Å². The SMILES string of the molecule is COc1ccc(C)cc1C[NH+](C)CC(=O)NC12CC3CC(CC(C3)C1)C2. The number of aryl methyl sites for hydroxylation is 1. The van der Waals surface area contributed by atoms with E-state index < -0.39 is 0 Å².